The second-order valence-electron chi connectivity index (χ2n) is 4.18. The van der Waals surface area contributed by atoms with Crippen LogP contribution in [0.1, 0.15) is 34.6 Å². The van der Waals surface area contributed by atoms with Crippen molar-refractivity contribution in [3.63, 3.8) is 0 Å². The quantitative estimate of drug-likeness (QED) is 0.617. The second kappa shape index (κ2) is 3.52. The van der Waals surface area contributed by atoms with E-state index in [9.17, 15) is 9.18 Å². The minimum Gasteiger partial charge on any atom is -0.334 e. The van der Waals surface area contributed by atoms with E-state index in [1.807, 2.05) is 0 Å². The highest BCUT2D eigenvalue weighted by atomic mass is 19.2. The Morgan fingerprint density at radius 1 is 1.33 bits per heavy atom. The first kappa shape index (κ1) is 11.6. The van der Waals surface area contributed by atoms with Gasteiger partial charge in [-0.15, -0.1) is 0 Å². The van der Waals surface area contributed by atoms with Crippen LogP contribution in [0.15, 0.2) is 0 Å². The summed E-state index contributed by atoms with van der Waals surface area (Å²) in [6.07, 6.45) is 0.225. The van der Waals surface area contributed by atoms with Crippen molar-refractivity contribution in [3.05, 3.63) is 0 Å². The largest absolute Gasteiger partial charge is 0.334 e. The zero-order valence-corrected chi connectivity index (χ0v) is 8.35. The van der Waals surface area contributed by atoms with Gasteiger partial charge in [-0.2, -0.15) is 0 Å². The molecular weight excluding hydrogens is 159 g/mol. The Hall–Kier alpha value is -0.440. The fourth-order valence-electron chi connectivity index (χ4n) is 0.747. The minimum absolute atomic E-state index is 0.225. The average Bonchev–Trinajstić information content (AvgIpc) is 1.83. The molecule has 0 rings (SSSR count). The molecule has 0 N–H and O–H groups in total. The van der Waals surface area contributed by atoms with Crippen LogP contribution in [0.25, 0.3) is 0 Å². The van der Waals surface area contributed by atoms with Gasteiger partial charge in [0.15, 0.2) is 6.29 Å². The predicted octanol–water partition coefficient (Wildman–Crippen LogP) is 2.32. The lowest BCUT2D eigenvalue weighted by Crippen LogP contribution is -2.41. The van der Waals surface area contributed by atoms with Crippen molar-refractivity contribution < 1.29 is 13.9 Å². The number of hydrogen-bond donors (Lipinski definition) is 0. The van der Waals surface area contributed by atoms with Gasteiger partial charge >= 0.3 is 0 Å². The van der Waals surface area contributed by atoms with Crippen LogP contribution in [-0.4, -0.2) is 17.7 Å². The van der Waals surface area contributed by atoms with Crippen LogP contribution in [0.4, 0.5) is 4.39 Å². The first-order chi connectivity index (χ1) is 5.21. The summed E-state index contributed by atoms with van der Waals surface area (Å²) >= 11 is 0. The van der Waals surface area contributed by atoms with E-state index in [0.29, 0.717) is 0 Å². The zero-order valence-electron chi connectivity index (χ0n) is 8.35. The van der Waals surface area contributed by atoms with E-state index in [1.165, 1.54) is 0 Å². The summed E-state index contributed by atoms with van der Waals surface area (Å²) < 4.78 is 18.6. The lowest BCUT2D eigenvalue weighted by molar-refractivity contribution is -0.214. The molecule has 0 spiro atoms. The van der Waals surface area contributed by atoms with Crippen molar-refractivity contribution >= 4 is 6.29 Å². The maximum Gasteiger partial charge on any atom is 0.268 e. The normalized spacial score (nSPS) is 17.6. The highest BCUT2D eigenvalue weighted by Gasteiger charge is 2.38. The molecule has 0 aromatic heterocycles. The zero-order chi connectivity index (χ0) is 9.99. The third-order valence-corrected chi connectivity index (χ3v) is 1.41. The predicted molar refractivity (Wildman–Crippen MR) is 45.6 cm³/mol. The Labute approximate surface area is 73.1 Å². The van der Waals surface area contributed by atoms with E-state index in [-0.39, 0.29) is 6.29 Å². The van der Waals surface area contributed by atoms with Gasteiger partial charge in [0.2, 0.25) is 0 Å². The fourth-order valence-corrected chi connectivity index (χ4v) is 0.747. The molecule has 0 heterocycles. The molecule has 0 bridgehead atoms. The van der Waals surface area contributed by atoms with Crippen molar-refractivity contribution in [1.29, 1.82) is 0 Å². The third-order valence-electron chi connectivity index (χ3n) is 1.41. The molecule has 0 fully saturated rings. The molecule has 0 saturated carbocycles. The van der Waals surface area contributed by atoms with Crippen molar-refractivity contribution in [3.8, 4) is 0 Å². The van der Waals surface area contributed by atoms with Crippen LogP contribution in [0, 0.1) is 5.92 Å². The first-order valence-corrected chi connectivity index (χ1v) is 4.06. The van der Waals surface area contributed by atoms with Gasteiger partial charge in [-0.05, 0) is 20.8 Å². The van der Waals surface area contributed by atoms with E-state index in [0.717, 1.165) is 0 Å². The molecule has 0 aliphatic rings. The molecule has 0 aliphatic heterocycles. The molecule has 0 aromatic carbocycles. The molecule has 0 aliphatic carbocycles. The Balaban J connectivity index is 4.45. The number of alkyl halides is 1. The lowest BCUT2D eigenvalue weighted by atomic mass is 10.0. The summed E-state index contributed by atoms with van der Waals surface area (Å²) in [6.45, 7) is 8.37. The summed E-state index contributed by atoms with van der Waals surface area (Å²) in [6, 6.07) is 0. The van der Waals surface area contributed by atoms with Gasteiger partial charge in [-0.1, -0.05) is 13.8 Å². The number of halogens is 1. The molecule has 0 saturated heterocycles. The lowest BCUT2D eigenvalue weighted by Gasteiger charge is -2.31. The average molecular weight is 176 g/mol. The molecule has 1 atom stereocenters. The number of hydrogen-bond acceptors (Lipinski definition) is 2. The van der Waals surface area contributed by atoms with Crippen molar-refractivity contribution in [2.24, 2.45) is 5.92 Å². The van der Waals surface area contributed by atoms with Gasteiger partial charge in [0.25, 0.3) is 5.85 Å². The number of aldehydes is 1. The number of ether oxygens (including phenoxy) is 1. The first-order valence-electron chi connectivity index (χ1n) is 4.06. The molecule has 12 heavy (non-hydrogen) atoms. The minimum atomic E-state index is -2.15. The Morgan fingerprint density at radius 2 is 1.75 bits per heavy atom. The Bertz CT molecular complexity index is 160. The SMILES string of the molecule is CC(C)C(F)(C=O)OC(C)(C)C. The van der Waals surface area contributed by atoms with Crippen molar-refractivity contribution in [2.75, 3.05) is 0 Å². The summed E-state index contributed by atoms with van der Waals surface area (Å²) in [5, 5.41) is 0. The van der Waals surface area contributed by atoms with Gasteiger partial charge in [0.05, 0.1) is 5.60 Å². The Morgan fingerprint density at radius 3 is 1.83 bits per heavy atom. The molecule has 0 amide bonds. The van der Waals surface area contributed by atoms with E-state index in [1.54, 1.807) is 34.6 Å². The van der Waals surface area contributed by atoms with E-state index < -0.39 is 17.4 Å². The van der Waals surface area contributed by atoms with Crippen LogP contribution in [0.3, 0.4) is 0 Å². The topological polar surface area (TPSA) is 26.3 Å². The number of rotatable bonds is 3. The second-order valence-corrected chi connectivity index (χ2v) is 4.18. The van der Waals surface area contributed by atoms with Crippen LogP contribution in [0.2, 0.25) is 0 Å². The monoisotopic (exact) mass is 176 g/mol. The summed E-state index contributed by atoms with van der Waals surface area (Å²) in [5.41, 5.74) is -0.639. The van der Waals surface area contributed by atoms with Gasteiger partial charge in [-0.3, -0.25) is 4.79 Å². The third kappa shape index (κ3) is 3.30. The van der Waals surface area contributed by atoms with Gasteiger partial charge in [0.1, 0.15) is 0 Å². The molecule has 2 nitrogen and oxygen atoms in total. The number of carbonyl (C=O) groups is 1. The maximum atomic E-state index is 13.5. The van der Waals surface area contributed by atoms with Gasteiger partial charge in [-0.25, -0.2) is 4.39 Å². The molecule has 1 unspecified atom stereocenters. The maximum absolute atomic E-state index is 13.5. The van der Waals surface area contributed by atoms with E-state index in [4.69, 9.17) is 4.74 Å². The van der Waals surface area contributed by atoms with Crippen LogP contribution >= 0.6 is 0 Å². The van der Waals surface area contributed by atoms with Crippen LogP contribution < -0.4 is 0 Å². The molecular formula is C9H17FO2. The highest BCUT2D eigenvalue weighted by Crippen LogP contribution is 2.27. The molecule has 72 valence electrons. The highest BCUT2D eigenvalue weighted by molar-refractivity contribution is 5.60. The van der Waals surface area contributed by atoms with Crippen LogP contribution in [0.5, 0.6) is 0 Å². The van der Waals surface area contributed by atoms with Gasteiger partial charge in [0, 0.05) is 5.92 Å². The van der Waals surface area contributed by atoms with Crippen LogP contribution in [-0.2, 0) is 9.53 Å². The smallest absolute Gasteiger partial charge is 0.268 e. The van der Waals surface area contributed by atoms with Gasteiger partial charge < -0.3 is 4.74 Å². The van der Waals surface area contributed by atoms with Crippen molar-refractivity contribution in [1.82, 2.24) is 0 Å². The summed E-state index contributed by atoms with van der Waals surface area (Å²) in [5.74, 6) is -2.62. The molecule has 3 heteroatoms. The van der Waals surface area contributed by atoms with Crippen molar-refractivity contribution in [2.45, 2.75) is 46.1 Å². The fraction of sp³-hybridized carbons (Fsp3) is 0.889. The standard InChI is InChI=1S/C9H17FO2/c1-7(2)9(10,6-11)12-8(3,4)5/h6-7H,1-5H3. The molecule has 0 aromatic rings. The summed E-state index contributed by atoms with van der Waals surface area (Å²) in [7, 11) is 0. The summed E-state index contributed by atoms with van der Waals surface area (Å²) in [4.78, 5) is 10.4. The number of carbonyl (C=O) groups excluding carboxylic acids is 1. The van der Waals surface area contributed by atoms with E-state index >= 15 is 0 Å². The van der Waals surface area contributed by atoms with E-state index in [2.05, 4.69) is 0 Å². The molecule has 0 radical (unpaired) electrons. The Kier molecular flexibility index (Phi) is 3.39.